The Hall–Kier alpha value is 0.569. The van der Waals surface area contributed by atoms with Crippen molar-refractivity contribution in [3.05, 3.63) is 0 Å². The molecule has 0 heterocycles. The van der Waals surface area contributed by atoms with Gasteiger partial charge in [0.2, 0.25) is 0 Å². The molecule has 0 fully saturated rings. The smallest absolute Gasteiger partial charge is 0.00105 e. The molecule has 2 nitrogen and oxygen atoms in total. The molecule has 0 atom stereocenters. The molecule has 2 N–H and O–H groups in total. The highest BCUT2D eigenvalue weighted by Gasteiger charge is 1.92. The molecule has 0 aliphatic rings. The van der Waals surface area contributed by atoms with Gasteiger partial charge in [-0.05, 0) is 0 Å². The van der Waals surface area contributed by atoms with Crippen LogP contribution in [0.1, 0.15) is 0 Å². The molecule has 0 aliphatic heterocycles. The normalized spacial score (nSPS) is 7.43. The van der Waals surface area contributed by atoms with E-state index in [1.165, 1.54) is 19.1 Å². The summed E-state index contributed by atoms with van der Waals surface area (Å²) in [5, 5.41) is 1.50. The first-order valence-electron chi connectivity index (χ1n) is 4.15. The quantitative estimate of drug-likeness (QED) is 0.180. The summed E-state index contributed by atoms with van der Waals surface area (Å²) in [6.07, 6.45) is 0. The SMILES string of the molecule is CN(C)N.[B][B][B][B][B][B][B][B][B][B]. The molecule has 0 amide bonds. The average molecular weight is 168 g/mol. The second-order valence-corrected chi connectivity index (χ2v) is 2.50. The standard InChI is InChI=1S/C2H8N2.B10/c1-4(2)3;1-3-5-7-9-10-8-6-4-2/h3H2,1-2H3;. The monoisotopic (exact) mass is 170 g/mol. The van der Waals surface area contributed by atoms with E-state index in [9.17, 15) is 0 Å². The lowest BCUT2D eigenvalue weighted by Gasteiger charge is -1.92. The summed E-state index contributed by atoms with van der Waals surface area (Å²) in [5.74, 6) is 4.94. The molecule has 0 aromatic rings. The van der Waals surface area contributed by atoms with E-state index in [0.29, 0.717) is 0 Å². The molecule has 0 aliphatic carbocycles. The minimum atomic E-state index is 1.48. The molecule has 0 aromatic heterocycles. The summed E-state index contributed by atoms with van der Waals surface area (Å²) in [7, 11) is 27.6. The molecule has 0 rings (SSSR count). The Morgan fingerprint density at radius 3 is 1.21 bits per heavy atom. The van der Waals surface area contributed by atoms with Crippen molar-refractivity contribution >= 4 is 72.0 Å². The molecule has 0 spiro atoms. The van der Waals surface area contributed by atoms with E-state index in [1.54, 1.807) is 28.2 Å². The Kier molecular flexibility index (Phi) is 19.4. The number of rotatable bonds is 7. The van der Waals surface area contributed by atoms with E-state index in [1.807, 2.05) is 28.2 Å². The summed E-state index contributed by atoms with van der Waals surface area (Å²) >= 11 is 0. The average Bonchev–Trinajstić information content (AvgIpc) is 2.10. The van der Waals surface area contributed by atoms with Crippen LogP contribution in [0.4, 0.5) is 0 Å². The number of nitrogens with two attached hydrogens (primary N) is 1. The van der Waals surface area contributed by atoms with Crippen molar-refractivity contribution in [2.24, 2.45) is 5.84 Å². The Morgan fingerprint density at radius 2 is 1.00 bits per heavy atom. The van der Waals surface area contributed by atoms with Gasteiger partial charge >= 0.3 is 0 Å². The zero-order valence-corrected chi connectivity index (χ0v) is 8.80. The number of hydrogen-bond acceptors (Lipinski definition) is 2. The molecule has 0 aromatic carbocycles. The van der Waals surface area contributed by atoms with Crippen LogP contribution in [0.5, 0.6) is 0 Å². The third-order valence-electron chi connectivity index (χ3n) is 0.778. The fourth-order valence-corrected chi connectivity index (χ4v) is 0.385. The molecule has 0 saturated heterocycles. The lowest BCUT2D eigenvalue weighted by Crippen LogP contribution is -2.30. The topological polar surface area (TPSA) is 29.3 Å². The number of nitrogens with zero attached hydrogens (tertiary/aromatic N) is 1. The first kappa shape index (κ1) is 17.0. The van der Waals surface area contributed by atoms with Crippen molar-refractivity contribution in [1.82, 2.24) is 5.01 Å². The maximum Gasteiger partial charge on any atom is 0.00105 e. The van der Waals surface area contributed by atoms with Gasteiger partial charge in [-0.15, -0.1) is 0 Å². The Balaban J connectivity index is 0. The van der Waals surface area contributed by atoms with E-state index in [-0.39, 0.29) is 0 Å². The Morgan fingerprint density at radius 1 is 0.786 bits per heavy atom. The van der Waals surface area contributed by atoms with E-state index < -0.39 is 0 Å². The van der Waals surface area contributed by atoms with Gasteiger partial charge in [-0.25, -0.2) is 0 Å². The Labute approximate surface area is 97.2 Å². The fourth-order valence-electron chi connectivity index (χ4n) is 0.385. The van der Waals surface area contributed by atoms with Crippen LogP contribution < -0.4 is 5.84 Å². The molecule has 0 saturated carbocycles. The lowest BCUT2D eigenvalue weighted by molar-refractivity contribution is 0.432. The van der Waals surface area contributed by atoms with Crippen LogP contribution in [0, 0.1) is 0 Å². The minimum Gasteiger partial charge on any atom is -0.269 e. The summed E-state index contributed by atoms with van der Waals surface area (Å²) in [5.41, 5.74) is 0. The molecule has 14 heavy (non-hydrogen) atoms. The number of hydrazine groups is 1. The van der Waals surface area contributed by atoms with E-state index in [2.05, 4.69) is 0 Å². The van der Waals surface area contributed by atoms with Crippen molar-refractivity contribution < 1.29 is 0 Å². The van der Waals surface area contributed by atoms with Gasteiger partial charge in [-0.1, -0.05) is 0 Å². The molecule has 12 radical (unpaired) electrons. The molecular formula is C2H8B10N2. The summed E-state index contributed by atoms with van der Waals surface area (Å²) in [4.78, 5) is 0. The minimum absolute atomic E-state index is 1.48. The maximum atomic E-state index is 5.08. The second kappa shape index (κ2) is 16.0. The van der Waals surface area contributed by atoms with Gasteiger partial charge in [0.25, 0.3) is 0 Å². The summed E-state index contributed by atoms with van der Waals surface area (Å²) in [6.45, 7) is 0. The van der Waals surface area contributed by atoms with E-state index in [0.717, 1.165) is 0 Å². The van der Waals surface area contributed by atoms with E-state index in [4.69, 9.17) is 21.3 Å². The molecule has 56 valence electrons. The van der Waals surface area contributed by atoms with Crippen LogP contribution in [0.3, 0.4) is 0 Å². The van der Waals surface area contributed by atoms with Crippen LogP contribution in [0.2, 0.25) is 0 Å². The highest BCUT2D eigenvalue weighted by molar-refractivity contribution is 7.68. The molecular weight excluding hydrogens is 160 g/mol. The Bertz CT molecular complexity index is 79.4. The zero-order chi connectivity index (χ0) is 11.2. The van der Waals surface area contributed by atoms with Gasteiger partial charge < -0.3 is 0 Å². The second-order valence-electron chi connectivity index (χ2n) is 2.50. The van der Waals surface area contributed by atoms with Gasteiger partial charge in [0, 0.05) is 86.1 Å². The van der Waals surface area contributed by atoms with Gasteiger partial charge in [0.15, 0.2) is 0 Å². The van der Waals surface area contributed by atoms with Crippen molar-refractivity contribution in [3.63, 3.8) is 0 Å². The zero-order valence-electron chi connectivity index (χ0n) is 8.80. The molecule has 12 heteroatoms. The van der Waals surface area contributed by atoms with Crippen molar-refractivity contribution in [2.75, 3.05) is 14.1 Å². The predicted octanol–water partition coefficient (Wildman–Crippen LogP) is -4.39. The third kappa shape index (κ3) is 29.4. The first-order valence-corrected chi connectivity index (χ1v) is 4.15. The fraction of sp³-hybridized carbons (Fsp3) is 1.00. The predicted molar refractivity (Wildman–Crippen MR) is 75.4 cm³/mol. The summed E-state index contributed by atoms with van der Waals surface area (Å²) < 4.78 is 0. The van der Waals surface area contributed by atoms with Crippen LogP contribution in [-0.4, -0.2) is 91.1 Å². The summed E-state index contributed by atoms with van der Waals surface area (Å²) in [6, 6.07) is 0. The maximum absolute atomic E-state index is 5.08. The third-order valence-corrected chi connectivity index (χ3v) is 0.778. The lowest BCUT2D eigenvalue weighted by atomic mass is 8.89. The van der Waals surface area contributed by atoms with Crippen molar-refractivity contribution in [3.8, 4) is 0 Å². The van der Waals surface area contributed by atoms with Crippen LogP contribution in [0.15, 0.2) is 0 Å². The first-order chi connectivity index (χ1) is 6.65. The number of hydrogen-bond donors (Lipinski definition) is 1. The van der Waals surface area contributed by atoms with Crippen LogP contribution in [0.25, 0.3) is 0 Å². The van der Waals surface area contributed by atoms with Gasteiger partial charge in [0.1, 0.15) is 0 Å². The van der Waals surface area contributed by atoms with Crippen LogP contribution >= 0.6 is 0 Å². The van der Waals surface area contributed by atoms with Gasteiger partial charge in [-0.2, -0.15) is 0 Å². The highest BCUT2D eigenvalue weighted by atomic mass is 15.4. The van der Waals surface area contributed by atoms with E-state index >= 15 is 0 Å². The molecule has 0 bridgehead atoms. The molecule has 0 unspecified atom stereocenters. The van der Waals surface area contributed by atoms with Crippen molar-refractivity contribution in [1.29, 1.82) is 0 Å². The van der Waals surface area contributed by atoms with Crippen molar-refractivity contribution in [2.45, 2.75) is 0 Å². The highest BCUT2D eigenvalue weighted by Crippen LogP contribution is 1.54. The van der Waals surface area contributed by atoms with Gasteiger partial charge in [-0.3, -0.25) is 10.9 Å². The van der Waals surface area contributed by atoms with Gasteiger partial charge in [0.05, 0.1) is 0 Å². The van der Waals surface area contributed by atoms with Crippen LogP contribution in [-0.2, 0) is 0 Å². The largest absolute Gasteiger partial charge is 0.269 e.